The smallest absolute Gasteiger partial charge is 0.350 e. The second-order valence-electron chi connectivity index (χ2n) is 6.97. The van der Waals surface area contributed by atoms with Gasteiger partial charge in [-0.15, -0.1) is 17.5 Å². The lowest BCUT2D eigenvalue weighted by Crippen LogP contribution is -2.51. The van der Waals surface area contributed by atoms with E-state index in [2.05, 4.69) is 15.7 Å². The van der Waals surface area contributed by atoms with Gasteiger partial charge < -0.3 is 15.4 Å². The number of aromatic nitrogens is 3. The van der Waals surface area contributed by atoms with Crippen LogP contribution in [-0.2, 0) is 16.1 Å². The van der Waals surface area contributed by atoms with Crippen LogP contribution in [0.25, 0.3) is 5.65 Å². The van der Waals surface area contributed by atoms with Gasteiger partial charge in [0.05, 0.1) is 6.54 Å². The van der Waals surface area contributed by atoms with E-state index in [4.69, 9.17) is 4.74 Å². The van der Waals surface area contributed by atoms with Gasteiger partial charge in [0.1, 0.15) is 5.60 Å². The molecule has 9 heteroatoms. The first kappa shape index (κ1) is 21.0. The molecule has 1 amide bonds. The summed E-state index contributed by atoms with van der Waals surface area (Å²) in [6.45, 7) is 1.82. The summed E-state index contributed by atoms with van der Waals surface area (Å²) in [5, 5.41) is 10.6. The second kappa shape index (κ2) is 8.77. The normalized spacial score (nSPS) is 15.6. The molecule has 0 radical (unpaired) electrons. The Morgan fingerprint density at radius 2 is 2.03 bits per heavy atom. The zero-order valence-corrected chi connectivity index (χ0v) is 16.9. The molecular weight excluding hydrogens is 394 g/mol. The molecule has 154 valence electrons. The highest BCUT2D eigenvalue weighted by molar-refractivity contribution is 5.97. The van der Waals surface area contributed by atoms with E-state index in [1.807, 2.05) is 30.3 Å². The molecule has 0 unspecified atom stereocenters. The van der Waals surface area contributed by atoms with E-state index < -0.39 is 5.60 Å². The van der Waals surface area contributed by atoms with E-state index >= 15 is 0 Å². The summed E-state index contributed by atoms with van der Waals surface area (Å²) in [7, 11) is 1.58. The lowest BCUT2D eigenvalue weighted by Gasteiger charge is -2.34. The highest BCUT2D eigenvalue weighted by atomic mass is 35.5. The van der Waals surface area contributed by atoms with Gasteiger partial charge in [-0.05, 0) is 55.8 Å². The van der Waals surface area contributed by atoms with Crippen LogP contribution >= 0.6 is 12.4 Å². The van der Waals surface area contributed by atoms with E-state index in [0.29, 0.717) is 30.7 Å². The van der Waals surface area contributed by atoms with Gasteiger partial charge in [0.15, 0.2) is 5.65 Å². The Hall–Kier alpha value is -2.68. The fourth-order valence-electron chi connectivity index (χ4n) is 3.59. The topological polar surface area (TPSA) is 89.7 Å². The van der Waals surface area contributed by atoms with Gasteiger partial charge in [0, 0.05) is 19.0 Å². The number of methoxy groups -OCH3 is 1. The fourth-order valence-corrected chi connectivity index (χ4v) is 3.59. The van der Waals surface area contributed by atoms with Crippen LogP contribution in [0.15, 0.2) is 53.5 Å². The number of halogens is 1. The number of ether oxygens (including phenoxy) is 1. The number of nitrogens with zero attached hydrogens (tertiary/aromatic N) is 3. The standard InChI is InChI=1S/C20H23N5O3.ClH/c1-28-20(8-10-21-11-9-20)18(26)22-16-6-4-5-15(13-16)14-25-19(27)24-12-3-2-7-17(24)23-25;/h2-7,12-13,21H,8-11,14H2,1H3,(H,22,26);1H. The van der Waals surface area contributed by atoms with Crippen LogP contribution in [0.3, 0.4) is 0 Å². The Morgan fingerprint density at radius 3 is 2.76 bits per heavy atom. The van der Waals surface area contributed by atoms with Crippen LogP contribution in [0, 0.1) is 0 Å². The van der Waals surface area contributed by atoms with Gasteiger partial charge in [-0.2, -0.15) is 0 Å². The van der Waals surface area contributed by atoms with E-state index in [1.54, 1.807) is 25.4 Å². The first-order chi connectivity index (χ1) is 13.6. The van der Waals surface area contributed by atoms with E-state index in [9.17, 15) is 9.59 Å². The molecule has 1 fully saturated rings. The van der Waals surface area contributed by atoms with Gasteiger partial charge in [-0.1, -0.05) is 18.2 Å². The van der Waals surface area contributed by atoms with Gasteiger partial charge in [-0.3, -0.25) is 9.20 Å². The highest BCUT2D eigenvalue weighted by Gasteiger charge is 2.39. The van der Waals surface area contributed by atoms with E-state index in [0.717, 1.165) is 18.7 Å². The molecule has 3 aromatic rings. The maximum atomic E-state index is 12.8. The maximum Gasteiger partial charge on any atom is 0.350 e. The maximum absolute atomic E-state index is 12.8. The predicted molar refractivity (Wildman–Crippen MR) is 113 cm³/mol. The Kier molecular flexibility index (Phi) is 6.36. The van der Waals surface area contributed by atoms with Gasteiger partial charge in [0.25, 0.3) is 5.91 Å². The number of benzene rings is 1. The molecule has 4 rings (SSSR count). The molecule has 2 aromatic heterocycles. The number of anilines is 1. The number of amides is 1. The number of carbonyl (C=O) groups is 1. The van der Waals surface area contributed by atoms with Gasteiger partial charge in [0.2, 0.25) is 0 Å². The molecule has 0 aliphatic carbocycles. The van der Waals surface area contributed by atoms with Crippen molar-refractivity contribution in [3.63, 3.8) is 0 Å². The Morgan fingerprint density at radius 1 is 1.24 bits per heavy atom. The lowest BCUT2D eigenvalue weighted by atomic mass is 9.91. The average molecular weight is 418 g/mol. The van der Waals surface area contributed by atoms with Crippen molar-refractivity contribution in [3.8, 4) is 0 Å². The first-order valence-electron chi connectivity index (χ1n) is 9.32. The zero-order valence-electron chi connectivity index (χ0n) is 16.1. The minimum atomic E-state index is -0.806. The minimum absolute atomic E-state index is 0. The summed E-state index contributed by atoms with van der Waals surface area (Å²) in [5.41, 5.74) is 1.15. The summed E-state index contributed by atoms with van der Waals surface area (Å²) >= 11 is 0. The van der Waals surface area contributed by atoms with Crippen molar-refractivity contribution in [1.29, 1.82) is 0 Å². The van der Waals surface area contributed by atoms with Crippen molar-refractivity contribution < 1.29 is 9.53 Å². The van der Waals surface area contributed by atoms with Crippen LogP contribution in [-0.4, -0.2) is 45.9 Å². The number of rotatable bonds is 5. The van der Waals surface area contributed by atoms with Crippen molar-refractivity contribution in [3.05, 3.63) is 64.7 Å². The molecule has 0 saturated carbocycles. The molecule has 29 heavy (non-hydrogen) atoms. The number of hydrogen-bond acceptors (Lipinski definition) is 5. The van der Waals surface area contributed by atoms with Crippen molar-refractivity contribution in [1.82, 2.24) is 19.5 Å². The fraction of sp³-hybridized carbons (Fsp3) is 0.350. The third-order valence-electron chi connectivity index (χ3n) is 5.22. The van der Waals surface area contributed by atoms with Gasteiger partial charge >= 0.3 is 5.69 Å². The Bertz CT molecular complexity index is 1060. The SMILES string of the molecule is COC1(C(=O)Nc2cccc(Cn3nc4ccccn4c3=O)c2)CCNCC1.Cl. The molecule has 3 heterocycles. The van der Waals surface area contributed by atoms with Crippen molar-refractivity contribution in [2.75, 3.05) is 25.5 Å². The molecule has 8 nitrogen and oxygen atoms in total. The Labute approximate surface area is 174 Å². The molecule has 0 atom stereocenters. The van der Waals surface area contributed by atoms with Crippen LogP contribution in [0.1, 0.15) is 18.4 Å². The lowest BCUT2D eigenvalue weighted by molar-refractivity contribution is -0.140. The summed E-state index contributed by atoms with van der Waals surface area (Å²) in [6.07, 6.45) is 2.96. The quantitative estimate of drug-likeness (QED) is 0.659. The van der Waals surface area contributed by atoms with Crippen molar-refractivity contribution >= 4 is 29.6 Å². The first-order valence-corrected chi connectivity index (χ1v) is 9.32. The van der Waals surface area contributed by atoms with E-state index in [-0.39, 0.29) is 24.0 Å². The molecule has 0 spiro atoms. The Balaban J connectivity index is 0.00000240. The van der Waals surface area contributed by atoms with Crippen molar-refractivity contribution in [2.24, 2.45) is 0 Å². The highest BCUT2D eigenvalue weighted by Crippen LogP contribution is 2.25. The number of hydrogen-bond donors (Lipinski definition) is 2. The summed E-state index contributed by atoms with van der Waals surface area (Å²) in [5.74, 6) is -0.140. The molecular formula is C20H24ClN5O3. The third-order valence-corrected chi connectivity index (χ3v) is 5.22. The number of pyridine rings is 1. The number of nitrogens with one attached hydrogen (secondary N) is 2. The van der Waals surface area contributed by atoms with Crippen LogP contribution < -0.4 is 16.3 Å². The summed E-state index contributed by atoms with van der Waals surface area (Å²) < 4.78 is 8.50. The van der Waals surface area contributed by atoms with Gasteiger partial charge in [-0.25, -0.2) is 9.48 Å². The van der Waals surface area contributed by atoms with Crippen molar-refractivity contribution in [2.45, 2.75) is 25.0 Å². The van der Waals surface area contributed by atoms with Crippen LogP contribution in [0.4, 0.5) is 5.69 Å². The molecule has 2 N–H and O–H groups in total. The van der Waals surface area contributed by atoms with E-state index in [1.165, 1.54) is 9.08 Å². The molecule has 1 saturated heterocycles. The summed E-state index contributed by atoms with van der Waals surface area (Å²) in [4.78, 5) is 25.3. The minimum Gasteiger partial charge on any atom is -0.368 e. The zero-order chi connectivity index (χ0) is 19.6. The van der Waals surface area contributed by atoms with Crippen LogP contribution in [0.5, 0.6) is 0 Å². The number of fused-ring (bicyclic) bond motifs is 1. The predicted octanol–water partition coefficient (Wildman–Crippen LogP) is 1.67. The number of piperidine rings is 1. The third kappa shape index (κ3) is 4.19. The second-order valence-corrected chi connectivity index (χ2v) is 6.97. The molecule has 1 aliphatic rings. The summed E-state index contributed by atoms with van der Waals surface area (Å²) in [6, 6.07) is 12.9. The molecule has 1 aliphatic heterocycles. The monoisotopic (exact) mass is 417 g/mol. The van der Waals surface area contributed by atoms with Crippen LogP contribution in [0.2, 0.25) is 0 Å². The largest absolute Gasteiger partial charge is 0.368 e. The average Bonchev–Trinajstić information content (AvgIpc) is 3.04. The number of carbonyl (C=O) groups excluding carboxylic acids is 1. The molecule has 1 aromatic carbocycles. The molecule has 0 bridgehead atoms.